The molecule has 2 aromatic rings. The van der Waals surface area contributed by atoms with E-state index in [0.717, 1.165) is 16.7 Å². The quantitative estimate of drug-likeness (QED) is 0.750. The van der Waals surface area contributed by atoms with Gasteiger partial charge in [-0.05, 0) is 47.9 Å². The molecule has 0 fully saturated rings. The van der Waals surface area contributed by atoms with Gasteiger partial charge in [-0.2, -0.15) is 0 Å². The van der Waals surface area contributed by atoms with Gasteiger partial charge in [-0.15, -0.1) is 0 Å². The van der Waals surface area contributed by atoms with E-state index in [1.165, 1.54) is 12.1 Å². The van der Waals surface area contributed by atoms with Crippen LogP contribution in [0, 0.1) is 12.7 Å². The number of aromatic hydroxyl groups is 1. The lowest BCUT2D eigenvalue weighted by molar-refractivity contribution is 0.475. The zero-order valence-corrected chi connectivity index (χ0v) is 8.37. The van der Waals surface area contributed by atoms with Crippen LogP contribution in [0.2, 0.25) is 0 Å². The highest BCUT2D eigenvalue weighted by atomic mass is 19.1. The predicted octanol–water partition coefficient (Wildman–Crippen LogP) is 3.51. The number of aryl methyl sites for hydroxylation is 1. The Kier molecular flexibility index (Phi) is 2.42. The van der Waals surface area contributed by atoms with E-state index in [-0.39, 0.29) is 11.6 Å². The molecule has 1 nitrogen and oxygen atoms in total. The molecular weight excluding hydrogens is 191 g/mol. The average molecular weight is 202 g/mol. The topological polar surface area (TPSA) is 20.2 Å². The van der Waals surface area contributed by atoms with Crippen LogP contribution in [0.25, 0.3) is 11.1 Å². The molecule has 0 atom stereocenters. The molecule has 0 saturated carbocycles. The fraction of sp³-hybridized carbons (Fsp3) is 0.0769. The van der Waals surface area contributed by atoms with Crippen molar-refractivity contribution >= 4 is 0 Å². The van der Waals surface area contributed by atoms with Crippen LogP contribution in [0.4, 0.5) is 4.39 Å². The lowest BCUT2D eigenvalue weighted by Crippen LogP contribution is -1.83. The highest BCUT2D eigenvalue weighted by Gasteiger charge is 2.01. The molecule has 0 amide bonds. The first kappa shape index (κ1) is 9.71. The lowest BCUT2D eigenvalue weighted by atomic mass is 10.0. The van der Waals surface area contributed by atoms with Crippen LogP contribution in [-0.4, -0.2) is 5.11 Å². The Morgan fingerprint density at radius 3 is 2.47 bits per heavy atom. The molecule has 0 heterocycles. The van der Waals surface area contributed by atoms with Crippen molar-refractivity contribution in [2.24, 2.45) is 0 Å². The standard InChI is InChI=1S/C13H11FO/c1-9-5-11(7-12(14)6-9)10-3-2-4-13(15)8-10/h2-8,15H,1H3. The highest BCUT2D eigenvalue weighted by Crippen LogP contribution is 2.24. The molecular formula is C13H11FO. The first-order valence-corrected chi connectivity index (χ1v) is 4.72. The van der Waals surface area contributed by atoms with Crippen LogP contribution in [0.15, 0.2) is 42.5 Å². The Morgan fingerprint density at radius 1 is 1.00 bits per heavy atom. The molecule has 0 aromatic heterocycles. The van der Waals surface area contributed by atoms with Gasteiger partial charge >= 0.3 is 0 Å². The first-order valence-electron chi connectivity index (χ1n) is 4.72. The van der Waals surface area contributed by atoms with E-state index in [4.69, 9.17) is 0 Å². The maximum Gasteiger partial charge on any atom is 0.124 e. The van der Waals surface area contributed by atoms with Crippen LogP contribution < -0.4 is 0 Å². The second-order valence-corrected chi connectivity index (χ2v) is 3.57. The van der Waals surface area contributed by atoms with Gasteiger partial charge in [0, 0.05) is 0 Å². The first-order chi connectivity index (χ1) is 7.15. The summed E-state index contributed by atoms with van der Waals surface area (Å²) < 4.78 is 13.2. The molecule has 0 unspecified atom stereocenters. The van der Waals surface area contributed by atoms with Crippen molar-refractivity contribution in [2.45, 2.75) is 6.92 Å². The molecule has 15 heavy (non-hydrogen) atoms. The molecule has 0 aliphatic rings. The van der Waals surface area contributed by atoms with Crippen molar-refractivity contribution in [1.29, 1.82) is 0 Å². The molecule has 2 heteroatoms. The Bertz CT molecular complexity index is 471. The van der Waals surface area contributed by atoms with Crippen molar-refractivity contribution in [1.82, 2.24) is 0 Å². The van der Waals surface area contributed by atoms with Gasteiger partial charge in [-0.3, -0.25) is 0 Å². The zero-order valence-electron chi connectivity index (χ0n) is 8.37. The van der Waals surface area contributed by atoms with E-state index in [0.29, 0.717) is 0 Å². The van der Waals surface area contributed by atoms with Crippen LogP contribution in [0.5, 0.6) is 5.75 Å². The summed E-state index contributed by atoms with van der Waals surface area (Å²) >= 11 is 0. The fourth-order valence-electron chi connectivity index (χ4n) is 1.59. The van der Waals surface area contributed by atoms with Crippen LogP contribution in [-0.2, 0) is 0 Å². The van der Waals surface area contributed by atoms with Crippen molar-refractivity contribution in [3.63, 3.8) is 0 Å². The second-order valence-electron chi connectivity index (χ2n) is 3.57. The molecule has 76 valence electrons. The van der Waals surface area contributed by atoms with Gasteiger partial charge in [-0.25, -0.2) is 4.39 Å². The third kappa shape index (κ3) is 2.15. The number of hydrogen-bond donors (Lipinski definition) is 1. The molecule has 1 N–H and O–H groups in total. The summed E-state index contributed by atoms with van der Waals surface area (Å²) in [6, 6.07) is 11.6. The van der Waals surface area contributed by atoms with E-state index < -0.39 is 0 Å². The van der Waals surface area contributed by atoms with Crippen LogP contribution >= 0.6 is 0 Å². The van der Waals surface area contributed by atoms with Gasteiger partial charge in [0.2, 0.25) is 0 Å². The summed E-state index contributed by atoms with van der Waals surface area (Å²) in [7, 11) is 0. The van der Waals surface area contributed by atoms with Crippen molar-refractivity contribution in [2.75, 3.05) is 0 Å². The summed E-state index contributed by atoms with van der Waals surface area (Å²) in [5.41, 5.74) is 2.47. The van der Waals surface area contributed by atoms with Crippen molar-refractivity contribution in [3.05, 3.63) is 53.8 Å². The zero-order chi connectivity index (χ0) is 10.8. The molecule has 0 aliphatic carbocycles. The summed E-state index contributed by atoms with van der Waals surface area (Å²) in [5.74, 6) is -0.0669. The molecule has 2 rings (SSSR count). The minimum Gasteiger partial charge on any atom is -0.508 e. The third-order valence-electron chi connectivity index (χ3n) is 2.22. The molecule has 2 aromatic carbocycles. The smallest absolute Gasteiger partial charge is 0.124 e. The normalized spacial score (nSPS) is 10.3. The number of halogens is 1. The maximum atomic E-state index is 13.2. The Morgan fingerprint density at radius 2 is 1.80 bits per heavy atom. The average Bonchev–Trinajstić information content (AvgIpc) is 2.16. The monoisotopic (exact) mass is 202 g/mol. The molecule has 0 saturated heterocycles. The van der Waals surface area contributed by atoms with E-state index in [1.54, 1.807) is 18.2 Å². The predicted molar refractivity (Wildman–Crippen MR) is 58.2 cm³/mol. The van der Waals surface area contributed by atoms with Gasteiger partial charge in [0.05, 0.1) is 0 Å². The Balaban J connectivity index is 2.54. The van der Waals surface area contributed by atoms with Crippen molar-refractivity contribution < 1.29 is 9.50 Å². The molecule has 0 spiro atoms. The summed E-state index contributed by atoms with van der Waals surface area (Å²) in [4.78, 5) is 0. The van der Waals surface area contributed by atoms with Gasteiger partial charge in [-0.1, -0.05) is 18.2 Å². The van der Waals surface area contributed by atoms with E-state index in [1.807, 2.05) is 19.1 Å². The Labute approximate surface area is 87.8 Å². The molecule has 0 bridgehead atoms. The minimum atomic E-state index is -0.256. The highest BCUT2D eigenvalue weighted by molar-refractivity contribution is 5.65. The maximum absolute atomic E-state index is 13.2. The number of phenols is 1. The Hall–Kier alpha value is -1.83. The van der Waals surface area contributed by atoms with E-state index >= 15 is 0 Å². The summed E-state index contributed by atoms with van der Waals surface area (Å²) in [6.07, 6.45) is 0. The minimum absolute atomic E-state index is 0.189. The SMILES string of the molecule is Cc1cc(F)cc(-c2cccc(O)c2)c1. The number of phenolic OH excluding ortho intramolecular Hbond substituents is 1. The number of hydrogen-bond acceptors (Lipinski definition) is 1. The fourth-order valence-corrected chi connectivity index (χ4v) is 1.59. The summed E-state index contributed by atoms with van der Waals surface area (Å²) in [6.45, 7) is 1.84. The van der Waals surface area contributed by atoms with Crippen LogP contribution in [0.1, 0.15) is 5.56 Å². The third-order valence-corrected chi connectivity index (χ3v) is 2.22. The molecule has 0 aliphatic heterocycles. The number of benzene rings is 2. The van der Waals surface area contributed by atoms with Gasteiger partial charge < -0.3 is 5.11 Å². The number of rotatable bonds is 1. The van der Waals surface area contributed by atoms with Crippen LogP contribution in [0.3, 0.4) is 0 Å². The summed E-state index contributed by atoms with van der Waals surface area (Å²) in [5, 5.41) is 9.32. The lowest BCUT2D eigenvalue weighted by Gasteiger charge is -2.04. The second kappa shape index (κ2) is 3.73. The van der Waals surface area contributed by atoms with E-state index in [2.05, 4.69) is 0 Å². The largest absolute Gasteiger partial charge is 0.508 e. The van der Waals surface area contributed by atoms with Gasteiger partial charge in [0.15, 0.2) is 0 Å². The molecule has 0 radical (unpaired) electrons. The van der Waals surface area contributed by atoms with Gasteiger partial charge in [0.1, 0.15) is 11.6 Å². The van der Waals surface area contributed by atoms with E-state index in [9.17, 15) is 9.50 Å². The van der Waals surface area contributed by atoms with Crippen molar-refractivity contribution in [3.8, 4) is 16.9 Å². The van der Waals surface area contributed by atoms with Gasteiger partial charge in [0.25, 0.3) is 0 Å².